The monoisotopic (exact) mass is 170 g/mol. The van der Waals surface area contributed by atoms with Gasteiger partial charge in [-0.15, -0.1) is 0 Å². The van der Waals surface area contributed by atoms with Crippen molar-refractivity contribution in [1.29, 1.82) is 0 Å². The summed E-state index contributed by atoms with van der Waals surface area (Å²) in [7, 11) is 0. The van der Waals surface area contributed by atoms with Crippen molar-refractivity contribution in [3.63, 3.8) is 0 Å². The summed E-state index contributed by atoms with van der Waals surface area (Å²) < 4.78 is 0. The van der Waals surface area contributed by atoms with Gasteiger partial charge in [-0.2, -0.15) is 0 Å². The van der Waals surface area contributed by atoms with E-state index in [1.807, 2.05) is 13.0 Å². The molecule has 0 aliphatic heterocycles. The maximum atomic E-state index is 10.5. The number of carbonyl (C=O) groups is 1. The molecular formula is C10H18O2. The summed E-state index contributed by atoms with van der Waals surface area (Å²) in [5, 5.41) is 8.61. The highest BCUT2D eigenvalue weighted by Gasteiger charge is 2.06. The molecule has 0 heterocycles. The molecule has 0 aromatic rings. The van der Waals surface area contributed by atoms with Gasteiger partial charge >= 0.3 is 5.97 Å². The van der Waals surface area contributed by atoms with Gasteiger partial charge in [-0.05, 0) is 26.7 Å². The summed E-state index contributed by atoms with van der Waals surface area (Å²) in [5.41, 5.74) is 1.19. The minimum absolute atomic E-state index is 0.346. The predicted octanol–water partition coefficient (Wildman–Crippen LogP) is 2.84. The Morgan fingerprint density at radius 1 is 1.58 bits per heavy atom. The Hall–Kier alpha value is -0.790. The molecule has 0 aliphatic carbocycles. The number of hydrogen-bond acceptors (Lipinski definition) is 1. The fourth-order valence-corrected chi connectivity index (χ4v) is 1.04. The second kappa shape index (κ2) is 5.81. The van der Waals surface area contributed by atoms with E-state index in [9.17, 15) is 4.79 Å². The highest BCUT2D eigenvalue weighted by Crippen LogP contribution is 2.09. The zero-order chi connectivity index (χ0) is 9.56. The topological polar surface area (TPSA) is 37.3 Å². The molecule has 1 unspecified atom stereocenters. The molecule has 1 atom stereocenters. The van der Waals surface area contributed by atoms with Gasteiger partial charge in [0.15, 0.2) is 0 Å². The van der Waals surface area contributed by atoms with E-state index in [4.69, 9.17) is 5.11 Å². The first-order valence-corrected chi connectivity index (χ1v) is 4.48. The van der Waals surface area contributed by atoms with Crippen molar-refractivity contribution in [2.45, 2.75) is 40.0 Å². The van der Waals surface area contributed by atoms with Crippen LogP contribution in [0.15, 0.2) is 11.6 Å². The lowest BCUT2D eigenvalue weighted by atomic mass is 10.0. The van der Waals surface area contributed by atoms with Crippen molar-refractivity contribution >= 4 is 5.97 Å². The van der Waals surface area contributed by atoms with Gasteiger partial charge in [-0.25, -0.2) is 0 Å². The maximum absolute atomic E-state index is 10.5. The molecule has 0 bridgehead atoms. The van der Waals surface area contributed by atoms with E-state index in [1.165, 1.54) is 5.57 Å². The smallest absolute Gasteiger partial charge is 0.310 e. The SMILES string of the molecule is CCCC/C(C)=C/C(C)C(=O)O. The van der Waals surface area contributed by atoms with Gasteiger partial charge in [0.2, 0.25) is 0 Å². The van der Waals surface area contributed by atoms with Crippen LogP contribution < -0.4 is 0 Å². The first kappa shape index (κ1) is 11.2. The van der Waals surface area contributed by atoms with Crippen LogP contribution in [0.3, 0.4) is 0 Å². The van der Waals surface area contributed by atoms with Gasteiger partial charge in [0.1, 0.15) is 0 Å². The van der Waals surface area contributed by atoms with Gasteiger partial charge in [-0.3, -0.25) is 4.79 Å². The Morgan fingerprint density at radius 2 is 2.17 bits per heavy atom. The summed E-state index contributed by atoms with van der Waals surface area (Å²) in [6, 6.07) is 0. The quantitative estimate of drug-likeness (QED) is 0.644. The summed E-state index contributed by atoms with van der Waals surface area (Å²) in [6.07, 6.45) is 5.16. The molecule has 0 saturated heterocycles. The van der Waals surface area contributed by atoms with Crippen molar-refractivity contribution in [3.05, 3.63) is 11.6 Å². The molecule has 0 radical (unpaired) electrons. The van der Waals surface area contributed by atoms with Crippen LogP contribution in [0, 0.1) is 5.92 Å². The molecule has 0 fully saturated rings. The molecule has 1 N–H and O–H groups in total. The lowest BCUT2D eigenvalue weighted by Crippen LogP contribution is -2.06. The summed E-state index contributed by atoms with van der Waals surface area (Å²) in [4.78, 5) is 10.5. The van der Waals surface area contributed by atoms with Crippen LogP contribution in [0.2, 0.25) is 0 Å². The van der Waals surface area contributed by atoms with Crippen molar-refractivity contribution in [1.82, 2.24) is 0 Å². The third kappa shape index (κ3) is 4.94. The fourth-order valence-electron chi connectivity index (χ4n) is 1.04. The molecule has 0 aromatic heterocycles. The van der Waals surface area contributed by atoms with E-state index in [-0.39, 0.29) is 5.92 Å². The fraction of sp³-hybridized carbons (Fsp3) is 0.700. The standard InChI is InChI=1S/C10H18O2/c1-4-5-6-8(2)7-9(3)10(11)12/h7,9H,4-6H2,1-3H3,(H,11,12)/b8-7+. The number of allylic oxidation sites excluding steroid dienone is 1. The average molecular weight is 170 g/mol. The van der Waals surface area contributed by atoms with Crippen LogP contribution >= 0.6 is 0 Å². The van der Waals surface area contributed by atoms with E-state index in [0.717, 1.165) is 19.3 Å². The molecule has 12 heavy (non-hydrogen) atoms. The Bertz CT molecular complexity index is 171. The van der Waals surface area contributed by atoms with E-state index in [1.54, 1.807) is 6.92 Å². The van der Waals surface area contributed by atoms with Gasteiger partial charge in [0.25, 0.3) is 0 Å². The lowest BCUT2D eigenvalue weighted by molar-refractivity contribution is -0.139. The third-order valence-electron chi connectivity index (χ3n) is 1.85. The zero-order valence-corrected chi connectivity index (χ0v) is 8.13. The van der Waals surface area contributed by atoms with Crippen LogP contribution in [0.25, 0.3) is 0 Å². The number of carboxylic acids is 1. The van der Waals surface area contributed by atoms with Crippen molar-refractivity contribution < 1.29 is 9.90 Å². The molecule has 0 rings (SSSR count). The van der Waals surface area contributed by atoms with Gasteiger partial charge < -0.3 is 5.11 Å². The molecule has 0 saturated carbocycles. The van der Waals surface area contributed by atoms with E-state index >= 15 is 0 Å². The van der Waals surface area contributed by atoms with Crippen LogP contribution in [0.1, 0.15) is 40.0 Å². The van der Waals surface area contributed by atoms with Crippen molar-refractivity contribution in [3.8, 4) is 0 Å². The first-order valence-electron chi connectivity index (χ1n) is 4.48. The lowest BCUT2D eigenvalue weighted by Gasteiger charge is -2.02. The van der Waals surface area contributed by atoms with Crippen molar-refractivity contribution in [2.75, 3.05) is 0 Å². The van der Waals surface area contributed by atoms with Crippen molar-refractivity contribution in [2.24, 2.45) is 5.92 Å². The second-order valence-electron chi connectivity index (χ2n) is 3.24. The summed E-state index contributed by atoms with van der Waals surface area (Å²) in [5.74, 6) is -1.09. The number of carboxylic acid groups (broad SMARTS) is 1. The molecule has 70 valence electrons. The average Bonchev–Trinajstić information content (AvgIpc) is 2.00. The Kier molecular flexibility index (Phi) is 5.43. The first-order chi connectivity index (χ1) is 5.57. The zero-order valence-electron chi connectivity index (χ0n) is 8.13. The molecule has 0 amide bonds. The minimum atomic E-state index is -0.745. The largest absolute Gasteiger partial charge is 0.481 e. The van der Waals surface area contributed by atoms with E-state index in [2.05, 4.69) is 6.92 Å². The number of unbranched alkanes of at least 4 members (excludes halogenated alkanes) is 1. The Labute approximate surface area is 74.3 Å². The van der Waals surface area contributed by atoms with Crippen LogP contribution in [-0.2, 0) is 4.79 Å². The number of aliphatic carboxylic acids is 1. The van der Waals surface area contributed by atoms with E-state index in [0.29, 0.717) is 0 Å². The third-order valence-corrected chi connectivity index (χ3v) is 1.85. The highest BCUT2D eigenvalue weighted by atomic mass is 16.4. The van der Waals surface area contributed by atoms with Gasteiger partial charge in [-0.1, -0.05) is 25.0 Å². The van der Waals surface area contributed by atoms with Crippen LogP contribution in [0.4, 0.5) is 0 Å². The molecular weight excluding hydrogens is 152 g/mol. The molecule has 2 nitrogen and oxygen atoms in total. The van der Waals surface area contributed by atoms with E-state index < -0.39 is 5.97 Å². The maximum Gasteiger partial charge on any atom is 0.310 e. The number of rotatable bonds is 5. The number of hydrogen-bond donors (Lipinski definition) is 1. The molecule has 0 aliphatic rings. The van der Waals surface area contributed by atoms with Gasteiger partial charge in [0, 0.05) is 0 Å². The van der Waals surface area contributed by atoms with Crippen LogP contribution in [0.5, 0.6) is 0 Å². The Morgan fingerprint density at radius 3 is 2.58 bits per heavy atom. The normalized spacial score (nSPS) is 14.4. The summed E-state index contributed by atoms with van der Waals surface area (Å²) >= 11 is 0. The van der Waals surface area contributed by atoms with Gasteiger partial charge in [0.05, 0.1) is 5.92 Å². The summed E-state index contributed by atoms with van der Waals surface area (Å²) in [6.45, 7) is 5.83. The Balaban J connectivity index is 3.89. The van der Waals surface area contributed by atoms with Crippen LogP contribution in [-0.4, -0.2) is 11.1 Å². The molecule has 0 aromatic carbocycles. The highest BCUT2D eigenvalue weighted by molar-refractivity contribution is 5.71. The predicted molar refractivity (Wildman–Crippen MR) is 50.1 cm³/mol. The molecule has 2 heteroatoms. The second-order valence-corrected chi connectivity index (χ2v) is 3.24. The molecule has 0 spiro atoms. The minimum Gasteiger partial charge on any atom is -0.481 e.